The molecule has 1 aliphatic carbocycles. The van der Waals surface area contributed by atoms with Gasteiger partial charge in [0.2, 0.25) is 0 Å². The smallest absolute Gasteiger partial charge is 0.180 e. The van der Waals surface area contributed by atoms with E-state index in [-0.39, 0.29) is 0 Å². The third-order valence-electron chi connectivity index (χ3n) is 3.29. The third kappa shape index (κ3) is 4.68. The summed E-state index contributed by atoms with van der Waals surface area (Å²) in [6.07, 6.45) is 4.62. The van der Waals surface area contributed by atoms with E-state index in [1.807, 2.05) is 0 Å². The van der Waals surface area contributed by atoms with Crippen LogP contribution in [0.4, 0.5) is 0 Å². The molecule has 1 heterocycles. The lowest BCUT2D eigenvalue weighted by molar-refractivity contribution is 0.118. The van der Waals surface area contributed by atoms with Crippen molar-refractivity contribution in [2.75, 3.05) is 19.0 Å². The van der Waals surface area contributed by atoms with Gasteiger partial charge in [0, 0.05) is 19.0 Å². The van der Waals surface area contributed by atoms with Crippen LogP contribution in [0.5, 0.6) is 0 Å². The van der Waals surface area contributed by atoms with E-state index in [0.29, 0.717) is 5.17 Å². The standard InChI is InChI=1S/C12H21N3OS/c1-9-6-10(9)7-16-5-3-2-4-11-8-17-12(13)15-14-11/h9-10H,2-8H2,1H3,(H2,13,15). The molecule has 1 aliphatic heterocycles. The molecule has 5 heteroatoms. The van der Waals surface area contributed by atoms with Gasteiger partial charge in [-0.15, -0.1) is 5.10 Å². The molecule has 0 spiro atoms. The number of nitrogens with zero attached hydrogens (tertiary/aromatic N) is 2. The summed E-state index contributed by atoms with van der Waals surface area (Å²) in [4.78, 5) is 0. The van der Waals surface area contributed by atoms with Crippen molar-refractivity contribution in [3.05, 3.63) is 0 Å². The Kier molecular flexibility index (Phi) is 4.86. The summed E-state index contributed by atoms with van der Waals surface area (Å²) in [6.45, 7) is 4.13. The van der Waals surface area contributed by atoms with Gasteiger partial charge in [0.15, 0.2) is 5.17 Å². The molecule has 2 N–H and O–H groups in total. The molecule has 1 fully saturated rings. The van der Waals surface area contributed by atoms with Gasteiger partial charge in [0.25, 0.3) is 0 Å². The largest absolute Gasteiger partial charge is 0.381 e. The highest BCUT2D eigenvalue weighted by Gasteiger charge is 2.32. The summed E-state index contributed by atoms with van der Waals surface area (Å²) in [5.74, 6) is 2.63. The molecule has 0 aromatic carbocycles. The second kappa shape index (κ2) is 6.40. The van der Waals surface area contributed by atoms with E-state index in [1.165, 1.54) is 6.42 Å². The number of thioether (sulfide) groups is 1. The highest BCUT2D eigenvalue weighted by molar-refractivity contribution is 8.14. The SMILES string of the molecule is CC1CC1COCCCCC1=NN=C(N)SC1. The molecule has 2 unspecified atom stereocenters. The van der Waals surface area contributed by atoms with Crippen LogP contribution in [-0.4, -0.2) is 29.8 Å². The minimum Gasteiger partial charge on any atom is -0.381 e. The molecule has 0 bridgehead atoms. The van der Waals surface area contributed by atoms with Gasteiger partial charge in [-0.05, 0) is 37.5 Å². The zero-order valence-corrected chi connectivity index (χ0v) is 11.2. The molecule has 2 atom stereocenters. The van der Waals surface area contributed by atoms with Gasteiger partial charge in [-0.1, -0.05) is 18.7 Å². The van der Waals surface area contributed by atoms with Crippen LogP contribution in [-0.2, 0) is 4.74 Å². The van der Waals surface area contributed by atoms with Crippen LogP contribution in [0.2, 0.25) is 0 Å². The van der Waals surface area contributed by atoms with Crippen LogP contribution in [0, 0.1) is 11.8 Å². The fourth-order valence-electron chi connectivity index (χ4n) is 1.86. The predicted octanol–water partition coefficient (Wildman–Crippen LogP) is 2.25. The van der Waals surface area contributed by atoms with E-state index in [2.05, 4.69) is 17.1 Å². The van der Waals surface area contributed by atoms with Crippen LogP contribution in [0.1, 0.15) is 32.6 Å². The number of ether oxygens (including phenoxy) is 1. The highest BCUT2D eigenvalue weighted by atomic mass is 32.2. The maximum atomic E-state index is 5.64. The number of amidine groups is 1. The Hall–Kier alpha value is -0.550. The summed E-state index contributed by atoms with van der Waals surface area (Å²) in [5.41, 5.74) is 6.68. The number of hydrogen-bond acceptors (Lipinski definition) is 5. The van der Waals surface area contributed by atoms with E-state index in [0.717, 1.165) is 55.8 Å². The molecule has 0 amide bonds. The van der Waals surface area contributed by atoms with Crippen molar-refractivity contribution in [3.8, 4) is 0 Å². The minimum atomic E-state index is 0.579. The second-order valence-electron chi connectivity index (χ2n) is 4.90. The lowest BCUT2D eigenvalue weighted by Crippen LogP contribution is -2.15. The predicted molar refractivity (Wildman–Crippen MR) is 73.5 cm³/mol. The quantitative estimate of drug-likeness (QED) is 0.710. The van der Waals surface area contributed by atoms with Gasteiger partial charge < -0.3 is 10.5 Å². The second-order valence-corrected chi connectivity index (χ2v) is 5.89. The fraction of sp³-hybridized carbons (Fsp3) is 0.833. The Morgan fingerprint density at radius 1 is 1.41 bits per heavy atom. The molecule has 1 saturated carbocycles. The Balaban J connectivity index is 1.46. The maximum Gasteiger partial charge on any atom is 0.180 e. The van der Waals surface area contributed by atoms with E-state index in [1.54, 1.807) is 11.8 Å². The van der Waals surface area contributed by atoms with Crippen LogP contribution in [0.3, 0.4) is 0 Å². The van der Waals surface area contributed by atoms with Crippen molar-refractivity contribution in [2.24, 2.45) is 27.8 Å². The fourth-order valence-corrected chi connectivity index (χ4v) is 2.47. The zero-order valence-electron chi connectivity index (χ0n) is 10.4. The summed E-state index contributed by atoms with van der Waals surface area (Å²) in [7, 11) is 0. The molecular formula is C12H21N3OS. The summed E-state index contributed by atoms with van der Waals surface area (Å²) < 4.78 is 5.64. The maximum absolute atomic E-state index is 5.64. The molecule has 0 aromatic rings. The normalized spacial score (nSPS) is 27.6. The molecule has 0 saturated heterocycles. The Morgan fingerprint density at radius 2 is 2.24 bits per heavy atom. The summed E-state index contributed by atoms with van der Waals surface area (Å²) in [6, 6.07) is 0. The van der Waals surface area contributed by atoms with Crippen molar-refractivity contribution in [2.45, 2.75) is 32.6 Å². The lowest BCUT2D eigenvalue weighted by atomic mass is 10.2. The average molecular weight is 255 g/mol. The molecule has 0 aromatic heterocycles. The molecular weight excluding hydrogens is 234 g/mol. The van der Waals surface area contributed by atoms with Gasteiger partial charge >= 0.3 is 0 Å². The monoisotopic (exact) mass is 255 g/mol. The van der Waals surface area contributed by atoms with E-state index < -0.39 is 0 Å². The topological polar surface area (TPSA) is 60.0 Å². The van der Waals surface area contributed by atoms with Crippen LogP contribution in [0.25, 0.3) is 0 Å². The van der Waals surface area contributed by atoms with Crippen LogP contribution in [0.15, 0.2) is 10.2 Å². The number of nitrogens with two attached hydrogens (primary N) is 1. The number of unbranched alkanes of at least 4 members (excludes halogenated alkanes) is 1. The number of hydrogen-bond donors (Lipinski definition) is 1. The Labute approximate surface area is 107 Å². The first-order chi connectivity index (χ1) is 8.25. The van der Waals surface area contributed by atoms with Crippen molar-refractivity contribution in [1.29, 1.82) is 0 Å². The Morgan fingerprint density at radius 3 is 2.88 bits per heavy atom. The van der Waals surface area contributed by atoms with E-state index in [9.17, 15) is 0 Å². The van der Waals surface area contributed by atoms with E-state index in [4.69, 9.17) is 10.5 Å². The van der Waals surface area contributed by atoms with Crippen molar-refractivity contribution in [3.63, 3.8) is 0 Å². The first-order valence-electron chi connectivity index (χ1n) is 6.35. The summed E-state index contributed by atoms with van der Waals surface area (Å²) in [5, 5.41) is 8.55. The molecule has 2 aliphatic rings. The van der Waals surface area contributed by atoms with Crippen LogP contribution < -0.4 is 5.73 Å². The van der Waals surface area contributed by atoms with E-state index >= 15 is 0 Å². The molecule has 0 radical (unpaired) electrons. The van der Waals surface area contributed by atoms with Gasteiger partial charge in [-0.2, -0.15) is 5.10 Å². The Bertz CT molecular complexity index is 317. The van der Waals surface area contributed by atoms with Gasteiger partial charge in [0.05, 0.1) is 5.71 Å². The van der Waals surface area contributed by atoms with Crippen molar-refractivity contribution < 1.29 is 4.74 Å². The highest BCUT2D eigenvalue weighted by Crippen LogP contribution is 2.37. The van der Waals surface area contributed by atoms with Gasteiger partial charge in [0.1, 0.15) is 0 Å². The lowest BCUT2D eigenvalue weighted by Gasteiger charge is -2.08. The number of rotatable bonds is 7. The third-order valence-corrected chi connectivity index (χ3v) is 4.14. The minimum absolute atomic E-state index is 0.579. The molecule has 4 nitrogen and oxygen atoms in total. The van der Waals surface area contributed by atoms with Gasteiger partial charge in [-0.25, -0.2) is 0 Å². The summed E-state index contributed by atoms with van der Waals surface area (Å²) >= 11 is 1.57. The first kappa shape index (κ1) is 12.9. The zero-order chi connectivity index (χ0) is 12.1. The average Bonchev–Trinajstić information content (AvgIpc) is 3.02. The molecule has 96 valence electrons. The van der Waals surface area contributed by atoms with Crippen LogP contribution >= 0.6 is 11.8 Å². The molecule has 2 rings (SSSR count). The first-order valence-corrected chi connectivity index (χ1v) is 7.33. The van der Waals surface area contributed by atoms with Crippen molar-refractivity contribution >= 4 is 22.6 Å². The van der Waals surface area contributed by atoms with Crippen molar-refractivity contribution in [1.82, 2.24) is 0 Å². The van der Waals surface area contributed by atoms with Gasteiger partial charge in [-0.3, -0.25) is 0 Å². The molecule has 17 heavy (non-hydrogen) atoms.